The minimum atomic E-state index is -0.611. The lowest BCUT2D eigenvalue weighted by Crippen LogP contribution is -2.41. The fourth-order valence-electron chi connectivity index (χ4n) is 2.00. The number of rotatable bonds is 3. The van der Waals surface area contributed by atoms with Gasteiger partial charge < -0.3 is 0 Å². The van der Waals surface area contributed by atoms with Crippen LogP contribution in [0, 0.1) is 0 Å². The van der Waals surface area contributed by atoms with Crippen LogP contribution < -0.4 is 0 Å². The van der Waals surface area contributed by atoms with Crippen molar-refractivity contribution in [1.82, 2.24) is 9.80 Å². The van der Waals surface area contributed by atoms with E-state index >= 15 is 0 Å². The molecule has 0 aromatic rings. The van der Waals surface area contributed by atoms with Crippen molar-refractivity contribution in [1.29, 1.82) is 0 Å². The average Bonchev–Trinajstić information content (AvgIpc) is 2.67. The van der Waals surface area contributed by atoms with Crippen LogP contribution in [-0.2, 0) is 19.2 Å². The van der Waals surface area contributed by atoms with Crippen LogP contribution in [0.15, 0.2) is 0 Å². The summed E-state index contributed by atoms with van der Waals surface area (Å²) in [6.45, 7) is 0.0689. The number of amides is 4. The number of hydrogen-bond donors (Lipinski definition) is 2. The fraction of sp³-hybridized carbons (Fsp3) is 0.600. The summed E-state index contributed by atoms with van der Waals surface area (Å²) < 4.78 is 0. The maximum absolute atomic E-state index is 11.6. The molecule has 18 heavy (non-hydrogen) atoms. The quantitative estimate of drug-likeness (QED) is 0.521. The molecular weight excluding hydrogens is 276 g/mol. The smallest absolute Gasteiger partial charge is 0.242 e. The number of imide groups is 2. The van der Waals surface area contributed by atoms with Crippen LogP contribution in [0.4, 0.5) is 0 Å². The van der Waals surface area contributed by atoms with Crippen LogP contribution in [0.3, 0.4) is 0 Å². The van der Waals surface area contributed by atoms with Crippen LogP contribution in [0.1, 0.15) is 12.8 Å². The van der Waals surface area contributed by atoms with Crippen LogP contribution in [0.2, 0.25) is 0 Å². The Morgan fingerprint density at radius 2 is 1.17 bits per heavy atom. The molecule has 2 rings (SSSR count). The normalized spacial score (nSPS) is 28.8. The summed E-state index contributed by atoms with van der Waals surface area (Å²) in [6, 6.07) is 0. The molecule has 0 aromatic heterocycles. The molecule has 2 aliphatic rings. The minimum Gasteiger partial charge on any atom is -0.280 e. The van der Waals surface area contributed by atoms with Gasteiger partial charge in [0.25, 0.3) is 0 Å². The number of thiol groups is 2. The summed E-state index contributed by atoms with van der Waals surface area (Å²) in [4.78, 5) is 48.2. The van der Waals surface area contributed by atoms with Gasteiger partial charge in [0.1, 0.15) is 0 Å². The summed E-state index contributed by atoms with van der Waals surface area (Å²) in [5, 5.41) is -1.22. The number of carbonyl (C=O) groups excluding carboxylic acids is 4. The zero-order valence-electron chi connectivity index (χ0n) is 9.40. The molecule has 0 spiro atoms. The predicted octanol–water partition coefficient (Wildman–Crippen LogP) is -0.899. The van der Waals surface area contributed by atoms with Crippen LogP contribution in [-0.4, -0.2) is 57.0 Å². The fourth-order valence-corrected chi connectivity index (χ4v) is 2.59. The third-order valence-electron chi connectivity index (χ3n) is 2.99. The zero-order valence-corrected chi connectivity index (χ0v) is 11.2. The maximum Gasteiger partial charge on any atom is 0.242 e. The molecule has 98 valence electrons. The Balaban J connectivity index is 1.96. The first-order valence-corrected chi connectivity index (χ1v) is 6.49. The lowest BCUT2D eigenvalue weighted by Gasteiger charge is -2.19. The number of likely N-dealkylation sites (tertiary alicyclic amines) is 2. The van der Waals surface area contributed by atoms with Gasteiger partial charge in [-0.05, 0) is 0 Å². The van der Waals surface area contributed by atoms with Crippen molar-refractivity contribution in [2.45, 2.75) is 23.3 Å². The second kappa shape index (κ2) is 4.93. The summed E-state index contributed by atoms with van der Waals surface area (Å²) in [5.41, 5.74) is 0. The van der Waals surface area contributed by atoms with Gasteiger partial charge in [-0.2, -0.15) is 25.3 Å². The Bertz CT molecular complexity index is 400. The predicted molar refractivity (Wildman–Crippen MR) is 68.2 cm³/mol. The van der Waals surface area contributed by atoms with Crippen molar-refractivity contribution in [3.8, 4) is 0 Å². The molecule has 8 heteroatoms. The van der Waals surface area contributed by atoms with Crippen molar-refractivity contribution in [3.63, 3.8) is 0 Å². The molecule has 0 aliphatic carbocycles. The standard InChI is InChI=1S/C10H12N2O4S2/c13-7-3-5(17)9(15)11(7)1-2-12-8(14)4-6(18)10(12)16/h5-6,17-18H,1-4H2. The lowest BCUT2D eigenvalue weighted by atomic mass is 10.4. The molecule has 0 N–H and O–H groups in total. The van der Waals surface area contributed by atoms with Gasteiger partial charge >= 0.3 is 0 Å². The Labute approximate surface area is 114 Å². The van der Waals surface area contributed by atoms with Crippen molar-refractivity contribution in [2.24, 2.45) is 0 Å². The summed E-state index contributed by atoms with van der Waals surface area (Å²) >= 11 is 7.97. The summed E-state index contributed by atoms with van der Waals surface area (Å²) in [7, 11) is 0. The van der Waals surface area contributed by atoms with E-state index in [4.69, 9.17) is 0 Å². The first-order chi connectivity index (χ1) is 8.41. The Morgan fingerprint density at radius 1 is 0.833 bits per heavy atom. The third-order valence-corrected chi connectivity index (χ3v) is 3.79. The Hall–Kier alpha value is -1.02. The van der Waals surface area contributed by atoms with E-state index in [0.29, 0.717) is 0 Å². The van der Waals surface area contributed by atoms with Gasteiger partial charge in [-0.15, -0.1) is 0 Å². The minimum absolute atomic E-state index is 0.0344. The molecule has 2 fully saturated rings. The molecule has 0 saturated carbocycles. The van der Waals surface area contributed by atoms with E-state index in [0.717, 1.165) is 9.80 Å². The first-order valence-electron chi connectivity index (χ1n) is 5.46. The molecule has 0 aromatic carbocycles. The molecule has 0 radical (unpaired) electrons. The largest absolute Gasteiger partial charge is 0.280 e. The van der Waals surface area contributed by atoms with Crippen molar-refractivity contribution in [3.05, 3.63) is 0 Å². The van der Waals surface area contributed by atoms with Gasteiger partial charge in [0.2, 0.25) is 23.6 Å². The maximum atomic E-state index is 11.6. The second-order valence-corrected chi connectivity index (χ2v) is 5.45. The topological polar surface area (TPSA) is 74.8 Å². The Kier molecular flexibility index (Phi) is 3.67. The highest BCUT2D eigenvalue weighted by Crippen LogP contribution is 2.20. The Morgan fingerprint density at radius 3 is 1.39 bits per heavy atom. The van der Waals surface area contributed by atoms with Gasteiger partial charge in [-0.1, -0.05) is 0 Å². The second-order valence-electron chi connectivity index (χ2n) is 4.21. The molecule has 6 nitrogen and oxygen atoms in total. The number of hydrogen-bond acceptors (Lipinski definition) is 6. The van der Waals surface area contributed by atoms with E-state index in [2.05, 4.69) is 25.3 Å². The van der Waals surface area contributed by atoms with Gasteiger partial charge in [-0.3, -0.25) is 29.0 Å². The van der Waals surface area contributed by atoms with Crippen molar-refractivity contribution >= 4 is 48.9 Å². The van der Waals surface area contributed by atoms with Crippen molar-refractivity contribution < 1.29 is 19.2 Å². The lowest BCUT2D eigenvalue weighted by molar-refractivity contribution is -0.143. The molecule has 2 saturated heterocycles. The molecule has 2 heterocycles. The summed E-state index contributed by atoms with van der Waals surface area (Å²) in [6.07, 6.45) is 0.137. The van der Waals surface area contributed by atoms with E-state index in [-0.39, 0.29) is 49.6 Å². The summed E-state index contributed by atoms with van der Waals surface area (Å²) in [5.74, 6) is -1.38. The first kappa shape index (κ1) is 13.4. The highest BCUT2D eigenvalue weighted by molar-refractivity contribution is 7.82. The highest BCUT2D eigenvalue weighted by Gasteiger charge is 2.39. The van der Waals surface area contributed by atoms with Gasteiger partial charge in [0.05, 0.1) is 10.5 Å². The average molecular weight is 288 g/mol. The van der Waals surface area contributed by atoms with E-state index in [1.807, 2.05) is 0 Å². The monoisotopic (exact) mass is 288 g/mol. The number of carbonyl (C=O) groups is 4. The van der Waals surface area contributed by atoms with E-state index < -0.39 is 10.5 Å². The van der Waals surface area contributed by atoms with E-state index in [1.54, 1.807) is 0 Å². The van der Waals surface area contributed by atoms with E-state index in [9.17, 15) is 19.2 Å². The van der Waals surface area contributed by atoms with Crippen molar-refractivity contribution in [2.75, 3.05) is 13.1 Å². The molecule has 2 aliphatic heterocycles. The van der Waals surface area contributed by atoms with Crippen LogP contribution >= 0.6 is 25.3 Å². The van der Waals surface area contributed by atoms with Gasteiger partial charge in [-0.25, -0.2) is 0 Å². The number of nitrogens with zero attached hydrogens (tertiary/aromatic N) is 2. The molecular formula is C10H12N2O4S2. The van der Waals surface area contributed by atoms with Gasteiger partial charge in [0.15, 0.2) is 0 Å². The van der Waals surface area contributed by atoms with Crippen LogP contribution in [0.5, 0.6) is 0 Å². The molecule has 0 bridgehead atoms. The molecule has 2 atom stereocenters. The SMILES string of the molecule is O=C1CC(S)C(=O)N1CCN1C(=O)CC(S)C1=O. The molecule has 2 unspecified atom stereocenters. The third kappa shape index (κ3) is 2.26. The molecule has 4 amide bonds. The highest BCUT2D eigenvalue weighted by atomic mass is 32.1. The van der Waals surface area contributed by atoms with E-state index in [1.165, 1.54) is 0 Å². The zero-order chi connectivity index (χ0) is 13.4. The van der Waals surface area contributed by atoms with Crippen LogP contribution in [0.25, 0.3) is 0 Å². The van der Waals surface area contributed by atoms with Gasteiger partial charge in [0, 0.05) is 25.9 Å².